The summed E-state index contributed by atoms with van der Waals surface area (Å²) in [4.78, 5) is 129. The molecule has 2 aromatic carbocycles. The first-order chi connectivity index (χ1) is 44.3. The van der Waals surface area contributed by atoms with Gasteiger partial charge in [0.2, 0.25) is 41.4 Å². The summed E-state index contributed by atoms with van der Waals surface area (Å²) in [5.74, 6) is -4.11. The van der Waals surface area contributed by atoms with Crippen LogP contribution >= 0.6 is 0 Å². The van der Waals surface area contributed by atoms with Crippen LogP contribution in [-0.4, -0.2) is 220 Å². The summed E-state index contributed by atoms with van der Waals surface area (Å²) in [7, 11) is 4.72. The van der Waals surface area contributed by atoms with Crippen molar-refractivity contribution >= 4 is 58.9 Å². The van der Waals surface area contributed by atoms with Gasteiger partial charge >= 0.3 is 0 Å². The molecule has 9 amide bonds. The third kappa shape index (κ3) is 21.7. The van der Waals surface area contributed by atoms with Crippen LogP contribution in [0.4, 0.5) is 5.69 Å². The highest BCUT2D eigenvalue weighted by atomic mass is 16.6. The Balaban J connectivity index is 1.02. The van der Waals surface area contributed by atoms with Crippen LogP contribution in [0.5, 0.6) is 0 Å². The molecule has 3 aliphatic heterocycles. The molecule has 4 aliphatic rings. The zero-order valence-electron chi connectivity index (χ0n) is 55.3. The van der Waals surface area contributed by atoms with Crippen molar-refractivity contribution in [2.45, 2.75) is 173 Å². The highest BCUT2D eigenvalue weighted by molar-refractivity contribution is 6.12. The van der Waals surface area contributed by atoms with Gasteiger partial charge in [0.25, 0.3) is 11.8 Å². The molecule has 3 fully saturated rings. The number of hydrogen-bond acceptors (Lipinski definition) is 16. The molecule has 5 N–H and O–H groups in total. The number of rotatable bonds is 42. The lowest BCUT2D eigenvalue weighted by molar-refractivity contribution is -0.149. The summed E-state index contributed by atoms with van der Waals surface area (Å²) >= 11 is 0. The number of piperidine rings is 1. The number of aliphatic hydroxyl groups is 1. The molecule has 510 valence electrons. The molecule has 92 heavy (non-hydrogen) atoms. The summed E-state index contributed by atoms with van der Waals surface area (Å²) < 4.78 is 34.1. The van der Waals surface area contributed by atoms with Crippen LogP contribution in [0, 0.1) is 23.7 Å². The van der Waals surface area contributed by atoms with Gasteiger partial charge in [-0.2, -0.15) is 0 Å². The maximum absolute atomic E-state index is 14.9. The summed E-state index contributed by atoms with van der Waals surface area (Å²) in [6, 6.07) is 12.5. The summed E-state index contributed by atoms with van der Waals surface area (Å²) in [5, 5.41) is 20.7. The molecule has 1 saturated carbocycles. The van der Waals surface area contributed by atoms with E-state index in [0.717, 1.165) is 24.0 Å². The number of nitrogens with one attached hydrogen (secondary N) is 4. The number of amides is 9. The van der Waals surface area contributed by atoms with Gasteiger partial charge in [-0.15, -0.1) is 0 Å². The molecule has 6 rings (SSSR count). The second-order valence-corrected chi connectivity index (χ2v) is 24.9. The summed E-state index contributed by atoms with van der Waals surface area (Å²) in [5.41, 5.74) is 2.12. The van der Waals surface area contributed by atoms with Gasteiger partial charge in [-0.25, -0.2) is 0 Å². The Bertz CT molecular complexity index is 2720. The number of carbonyl (C=O) groups is 9. The van der Waals surface area contributed by atoms with Gasteiger partial charge in [-0.3, -0.25) is 48.1 Å². The van der Waals surface area contributed by atoms with E-state index < -0.39 is 60.1 Å². The molecule has 3 heterocycles. The van der Waals surface area contributed by atoms with Crippen molar-refractivity contribution in [1.29, 1.82) is 0 Å². The van der Waals surface area contributed by atoms with Crippen LogP contribution in [0.25, 0.3) is 0 Å². The number of fused-ring (bicyclic) bond motifs is 2. The Morgan fingerprint density at radius 1 is 0.717 bits per heavy atom. The summed E-state index contributed by atoms with van der Waals surface area (Å²) in [6.07, 6.45) is 7.53. The van der Waals surface area contributed by atoms with Gasteiger partial charge < -0.3 is 69.5 Å². The third-order valence-corrected chi connectivity index (χ3v) is 18.3. The van der Waals surface area contributed by atoms with Gasteiger partial charge in [-0.05, 0) is 86.0 Å². The van der Waals surface area contributed by atoms with Crippen LogP contribution in [0.1, 0.15) is 123 Å². The quantitative estimate of drug-likeness (QED) is 0.0456. The first-order valence-corrected chi connectivity index (χ1v) is 33.0. The van der Waals surface area contributed by atoms with E-state index in [-0.39, 0.29) is 117 Å². The fraction of sp³-hybridized carbons (Fsp3) is 0.662. The second-order valence-electron chi connectivity index (χ2n) is 24.9. The minimum Gasteiger partial charge on any atom is -0.394 e. The Morgan fingerprint density at radius 2 is 1.37 bits per heavy atom. The predicted octanol–water partition coefficient (Wildman–Crippen LogP) is 4.34. The molecule has 2 bridgehead atoms. The molecule has 24 nitrogen and oxygen atoms in total. The molecular formula is C68H102N8O16. The largest absolute Gasteiger partial charge is 0.394 e. The number of likely N-dealkylation sites (N-methyl/N-ethyl adjacent to an activating group) is 1. The van der Waals surface area contributed by atoms with E-state index in [1.165, 1.54) is 31.3 Å². The maximum atomic E-state index is 14.9. The molecule has 0 unspecified atom stereocenters. The van der Waals surface area contributed by atoms with Crippen molar-refractivity contribution < 1.29 is 76.7 Å². The Morgan fingerprint density at radius 3 is 1.99 bits per heavy atom. The monoisotopic (exact) mass is 1290 g/mol. The number of likely N-dealkylation sites (tertiary alicyclic amines) is 2. The number of imide groups is 1. The molecular weight excluding hydrogens is 1180 g/mol. The number of hydrogen-bond donors (Lipinski definition) is 5. The standard InChI is InChI=1S/C68H102N8O16/c1-9-46(4)62(73(6)68(86)61(45(2)3)72-67(85)63-50-23-26-52(42-50)76(63)59(81)29-33-89-35-37-91-39-40-92-38-36-90-34-32-77)55(87-7)43-60(82)74-31-16-19-54(74)64(88-8)47(5)65(83)71-53(41-48-17-12-10-13-18-48)66(84)70-51-24-21-49(22-25-51)44-69-56(78)20-14-11-15-30-75-57(79)27-28-58(75)80/h10,12-13,17-18,21-22,24-25,27-28,45-47,50,52-55,61-64,77H,9,11,14-16,19-20,23,26,29-44H2,1-8H3,(H,69,78)(H,70,84)(H,71,83)(H,72,85)/t46-,47+,50-,52-,53-,54-,55+,61-,62-,63-,64+/m0/s1. The van der Waals surface area contributed by atoms with Gasteiger partial charge in [-0.1, -0.05) is 89.9 Å². The van der Waals surface area contributed by atoms with Crippen LogP contribution in [0.2, 0.25) is 0 Å². The van der Waals surface area contributed by atoms with Gasteiger partial charge in [0, 0.05) is 77.6 Å². The summed E-state index contributed by atoms with van der Waals surface area (Å²) in [6.45, 7) is 13.0. The Kier molecular flexibility index (Phi) is 31.1. The number of nitrogens with zero attached hydrogens (tertiary/aromatic N) is 4. The number of anilines is 1. The first-order valence-electron chi connectivity index (χ1n) is 33.0. The topological polar surface area (TPSA) is 290 Å². The zero-order chi connectivity index (χ0) is 66.7. The van der Waals surface area contributed by atoms with Crippen LogP contribution in [-0.2, 0) is 84.5 Å². The van der Waals surface area contributed by atoms with Gasteiger partial charge in [0.05, 0.1) is 103 Å². The first kappa shape index (κ1) is 74.4. The Hall–Kier alpha value is -6.67. The highest BCUT2D eigenvalue weighted by Gasteiger charge is 2.52. The molecule has 24 heteroatoms. The van der Waals surface area contributed by atoms with Crippen molar-refractivity contribution in [2.75, 3.05) is 99.1 Å². The van der Waals surface area contributed by atoms with Crippen LogP contribution < -0.4 is 21.3 Å². The van der Waals surface area contributed by atoms with E-state index in [4.69, 9.17) is 33.5 Å². The zero-order valence-corrected chi connectivity index (χ0v) is 55.3. The van der Waals surface area contributed by atoms with Crippen molar-refractivity contribution in [1.82, 2.24) is 35.6 Å². The lowest BCUT2D eigenvalue weighted by Gasteiger charge is -2.41. The fourth-order valence-corrected chi connectivity index (χ4v) is 13.0. The van der Waals surface area contributed by atoms with Gasteiger partial charge in [0.1, 0.15) is 18.1 Å². The molecule has 11 atom stereocenters. The number of unbranched alkanes of at least 4 members (excludes halogenated alkanes) is 2. The van der Waals surface area contributed by atoms with E-state index in [9.17, 15) is 43.2 Å². The number of methoxy groups -OCH3 is 2. The van der Waals surface area contributed by atoms with E-state index >= 15 is 0 Å². The minimum atomic E-state index is -1.000. The lowest BCUT2D eigenvalue weighted by atomic mass is 9.89. The SMILES string of the molecule is CC[C@H](C)[C@@H]([C@@H](CC(=O)N1CCC[C@H]1[C@H](OC)[C@@H](C)C(=O)N[C@@H](Cc1ccccc1)C(=O)Nc1ccc(CNC(=O)CCCCCN2C(=O)C=CC2=O)cc1)OC)N(C)C(=O)[C@@H](NC(=O)[C@@H]1[C@H]2CC[C@@H](C2)N1C(=O)CCOCCOCCOCCOCCO)C(C)C. The van der Waals surface area contributed by atoms with E-state index in [1.807, 2.05) is 58.0 Å². The fourth-order valence-electron chi connectivity index (χ4n) is 13.0. The van der Waals surface area contributed by atoms with Crippen LogP contribution in [0.3, 0.4) is 0 Å². The number of carbonyl (C=O) groups excluding carboxylic acids is 9. The number of ether oxygens (including phenoxy) is 6. The predicted molar refractivity (Wildman–Crippen MR) is 343 cm³/mol. The normalized spacial score (nSPS) is 20.0. The third-order valence-electron chi connectivity index (χ3n) is 18.3. The maximum Gasteiger partial charge on any atom is 0.253 e. The van der Waals surface area contributed by atoms with E-state index in [2.05, 4.69) is 21.3 Å². The van der Waals surface area contributed by atoms with Crippen molar-refractivity contribution in [2.24, 2.45) is 23.7 Å². The molecule has 2 saturated heterocycles. The number of aliphatic hydroxyl groups excluding tert-OH is 1. The molecule has 0 spiro atoms. The molecule has 0 radical (unpaired) electrons. The van der Waals surface area contributed by atoms with E-state index in [0.29, 0.717) is 103 Å². The van der Waals surface area contributed by atoms with Crippen molar-refractivity contribution in [3.8, 4) is 0 Å². The lowest BCUT2D eigenvalue weighted by Crippen LogP contribution is -2.60. The molecule has 2 aromatic rings. The number of benzene rings is 2. The average molecular weight is 1290 g/mol. The molecule has 0 aromatic heterocycles. The van der Waals surface area contributed by atoms with E-state index in [1.54, 1.807) is 52.9 Å². The average Bonchev–Trinajstić information content (AvgIpc) is 1.65. The highest BCUT2D eigenvalue weighted by Crippen LogP contribution is 2.43. The van der Waals surface area contributed by atoms with Crippen LogP contribution in [0.15, 0.2) is 66.7 Å². The Labute approximate surface area is 542 Å². The smallest absolute Gasteiger partial charge is 0.253 e. The van der Waals surface area contributed by atoms with Gasteiger partial charge in [0.15, 0.2) is 0 Å². The minimum absolute atomic E-state index is 0.0374. The second kappa shape index (κ2) is 38.5. The van der Waals surface area contributed by atoms with Crippen molar-refractivity contribution in [3.63, 3.8) is 0 Å². The van der Waals surface area contributed by atoms with Crippen molar-refractivity contribution in [3.05, 3.63) is 77.9 Å². The molecule has 1 aliphatic carbocycles.